The van der Waals surface area contributed by atoms with Gasteiger partial charge in [-0.25, -0.2) is 9.97 Å². The summed E-state index contributed by atoms with van der Waals surface area (Å²) in [7, 11) is 3.24. The minimum Gasteiger partial charge on any atom is -0.497 e. The van der Waals surface area contributed by atoms with Gasteiger partial charge in [-0.15, -0.1) is 11.3 Å². The Bertz CT molecular complexity index is 905. The average molecular weight is 342 g/mol. The maximum atomic E-state index is 5.36. The highest BCUT2D eigenvalue weighted by atomic mass is 32.1. The molecule has 0 aliphatic rings. The largest absolute Gasteiger partial charge is 0.497 e. The minimum atomic E-state index is 0.690. The number of hydrazone groups is 1. The average Bonchev–Trinajstić information content (AvgIpc) is 2.90. The highest BCUT2D eigenvalue weighted by molar-refractivity contribution is 7.18. The van der Waals surface area contributed by atoms with E-state index in [4.69, 9.17) is 9.47 Å². The molecule has 3 aromatic rings. The van der Waals surface area contributed by atoms with E-state index in [-0.39, 0.29) is 0 Å². The summed E-state index contributed by atoms with van der Waals surface area (Å²) < 4.78 is 10.6. The van der Waals surface area contributed by atoms with Crippen LogP contribution in [0.5, 0.6) is 11.5 Å². The number of nitrogens with one attached hydrogen (secondary N) is 1. The molecule has 0 aliphatic carbocycles. The molecule has 0 bridgehead atoms. The van der Waals surface area contributed by atoms with Crippen molar-refractivity contribution >= 4 is 33.6 Å². The van der Waals surface area contributed by atoms with Crippen molar-refractivity contribution in [2.45, 2.75) is 13.8 Å². The van der Waals surface area contributed by atoms with Crippen molar-refractivity contribution in [3.63, 3.8) is 0 Å². The Morgan fingerprint density at radius 1 is 1.17 bits per heavy atom. The Kier molecular flexibility index (Phi) is 4.61. The quantitative estimate of drug-likeness (QED) is 0.564. The monoisotopic (exact) mass is 342 g/mol. The van der Waals surface area contributed by atoms with E-state index < -0.39 is 0 Å². The summed E-state index contributed by atoms with van der Waals surface area (Å²) in [6.07, 6.45) is 3.24. The summed E-state index contributed by atoms with van der Waals surface area (Å²) in [5, 5.41) is 5.31. The van der Waals surface area contributed by atoms with Gasteiger partial charge in [0, 0.05) is 16.5 Å². The lowest BCUT2D eigenvalue weighted by Gasteiger charge is -2.07. The van der Waals surface area contributed by atoms with Crippen LogP contribution in [0.15, 0.2) is 29.6 Å². The number of hydrogen-bond donors (Lipinski definition) is 1. The lowest BCUT2D eigenvalue weighted by atomic mass is 10.2. The van der Waals surface area contributed by atoms with E-state index in [1.807, 2.05) is 18.2 Å². The number of fused-ring (bicyclic) bond motifs is 1. The minimum absolute atomic E-state index is 0.690. The molecule has 2 aromatic heterocycles. The molecule has 1 N–H and O–H groups in total. The Labute approximate surface area is 144 Å². The van der Waals surface area contributed by atoms with Crippen molar-refractivity contribution < 1.29 is 9.47 Å². The molecule has 0 radical (unpaired) electrons. The molecule has 0 aliphatic heterocycles. The molecular formula is C17H18N4O2S. The number of rotatable bonds is 5. The predicted octanol–water partition coefficient (Wildman–Crippen LogP) is 3.77. The van der Waals surface area contributed by atoms with Crippen molar-refractivity contribution in [2.75, 3.05) is 19.6 Å². The third-order valence-electron chi connectivity index (χ3n) is 3.78. The number of thiophene rings is 1. The Balaban J connectivity index is 1.87. The van der Waals surface area contributed by atoms with Crippen molar-refractivity contribution in [3.8, 4) is 11.5 Å². The first kappa shape index (κ1) is 16.2. The summed E-state index contributed by atoms with van der Waals surface area (Å²) in [4.78, 5) is 10.8. The normalized spacial score (nSPS) is 11.2. The van der Waals surface area contributed by atoms with Gasteiger partial charge in [-0.05, 0) is 31.5 Å². The SMILES string of the molecule is COc1ccc(/C=N/Nc2ncnc3sc(C)c(C)c23)c(OC)c1. The van der Waals surface area contributed by atoms with Crippen molar-refractivity contribution in [2.24, 2.45) is 5.10 Å². The molecule has 124 valence electrons. The van der Waals surface area contributed by atoms with Crippen LogP contribution in [0.3, 0.4) is 0 Å². The number of hydrogen-bond acceptors (Lipinski definition) is 7. The number of anilines is 1. The van der Waals surface area contributed by atoms with Crippen LogP contribution in [-0.2, 0) is 0 Å². The van der Waals surface area contributed by atoms with E-state index >= 15 is 0 Å². The molecule has 0 spiro atoms. The number of ether oxygens (including phenoxy) is 2. The van der Waals surface area contributed by atoms with Crippen LogP contribution >= 0.6 is 11.3 Å². The highest BCUT2D eigenvalue weighted by Gasteiger charge is 2.11. The van der Waals surface area contributed by atoms with E-state index in [9.17, 15) is 0 Å². The standard InChI is InChI=1S/C17H18N4O2S/c1-10-11(2)24-17-15(10)16(18-9-19-17)21-20-8-12-5-6-13(22-3)7-14(12)23-4/h5-9H,1-4H3,(H,18,19,21)/b20-8+. The van der Waals surface area contributed by atoms with Crippen LogP contribution in [0.4, 0.5) is 5.82 Å². The first-order valence-corrected chi connectivity index (χ1v) is 8.17. The summed E-state index contributed by atoms with van der Waals surface area (Å²) in [6.45, 7) is 4.15. The molecule has 7 heteroatoms. The molecule has 3 rings (SSSR count). The van der Waals surface area contributed by atoms with Crippen LogP contribution in [0, 0.1) is 13.8 Å². The first-order valence-electron chi connectivity index (χ1n) is 7.36. The van der Waals surface area contributed by atoms with Gasteiger partial charge in [0.05, 0.1) is 25.8 Å². The number of methoxy groups -OCH3 is 2. The van der Waals surface area contributed by atoms with Crippen LogP contribution in [-0.4, -0.2) is 30.4 Å². The zero-order valence-corrected chi connectivity index (χ0v) is 14.8. The molecule has 0 amide bonds. The van der Waals surface area contributed by atoms with Crippen molar-refractivity contribution in [3.05, 3.63) is 40.5 Å². The number of nitrogens with zero attached hydrogens (tertiary/aromatic N) is 3. The molecule has 2 heterocycles. The second-order valence-corrected chi connectivity index (χ2v) is 6.37. The zero-order valence-electron chi connectivity index (χ0n) is 14.0. The third kappa shape index (κ3) is 3.03. The molecule has 0 saturated carbocycles. The van der Waals surface area contributed by atoms with E-state index in [1.54, 1.807) is 38.1 Å². The van der Waals surface area contributed by atoms with E-state index in [0.29, 0.717) is 11.6 Å². The summed E-state index contributed by atoms with van der Waals surface area (Å²) in [5.74, 6) is 2.12. The van der Waals surface area contributed by atoms with Crippen LogP contribution in [0.25, 0.3) is 10.2 Å². The molecule has 1 aromatic carbocycles. The molecule has 0 unspecified atom stereocenters. The fraction of sp³-hybridized carbons (Fsp3) is 0.235. The van der Waals surface area contributed by atoms with Crippen molar-refractivity contribution in [1.82, 2.24) is 9.97 Å². The van der Waals surface area contributed by atoms with Crippen LogP contribution in [0.2, 0.25) is 0 Å². The lowest BCUT2D eigenvalue weighted by Crippen LogP contribution is -1.97. The van der Waals surface area contributed by atoms with Gasteiger partial charge in [-0.1, -0.05) is 0 Å². The van der Waals surface area contributed by atoms with Crippen LogP contribution < -0.4 is 14.9 Å². The smallest absolute Gasteiger partial charge is 0.158 e. The Morgan fingerprint density at radius 3 is 2.75 bits per heavy atom. The van der Waals surface area contributed by atoms with Gasteiger partial charge < -0.3 is 9.47 Å². The van der Waals surface area contributed by atoms with Crippen molar-refractivity contribution in [1.29, 1.82) is 0 Å². The van der Waals surface area contributed by atoms with Gasteiger partial charge in [-0.3, -0.25) is 5.43 Å². The molecule has 0 fully saturated rings. The van der Waals surface area contributed by atoms with Gasteiger partial charge in [0.2, 0.25) is 0 Å². The Hall–Kier alpha value is -2.67. The van der Waals surface area contributed by atoms with Gasteiger partial charge in [-0.2, -0.15) is 5.10 Å². The summed E-state index contributed by atoms with van der Waals surface area (Å²) >= 11 is 1.66. The molecule has 0 saturated heterocycles. The fourth-order valence-corrected chi connectivity index (χ4v) is 3.35. The van der Waals surface area contributed by atoms with E-state index in [1.165, 1.54) is 10.4 Å². The van der Waals surface area contributed by atoms with E-state index in [0.717, 1.165) is 21.5 Å². The third-order valence-corrected chi connectivity index (χ3v) is 4.90. The zero-order chi connectivity index (χ0) is 17.1. The molecule has 6 nitrogen and oxygen atoms in total. The second-order valence-electron chi connectivity index (χ2n) is 5.16. The molecule has 0 atom stereocenters. The Morgan fingerprint density at radius 2 is 2.00 bits per heavy atom. The molecular weight excluding hydrogens is 324 g/mol. The predicted molar refractivity (Wildman–Crippen MR) is 97.7 cm³/mol. The molecule has 24 heavy (non-hydrogen) atoms. The number of aryl methyl sites for hydroxylation is 2. The highest BCUT2D eigenvalue weighted by Crippen LogP contribution is 2.32. The first-order chi connectivity index (χ1) is 11.6. The maximum Gasteiger partial charge on any atom is 0.158 e. The fourth-order valence-electron chi connectivity index (χ4n) is 2.36. The summed E-state index contributed by atoms with van der Waals surface area (Å²) in [6, 6.07) is 5.56. The van der Waals surface area contributed by atoms with Gasteiger partial charge in [0.25, 0.3) is 0 Å². The van der Waals surface area contributed by atoms with Crippen LogP contribution in [0.1, 0.15) is 16.0 Å². The van der Waals surface area contributed by atoms with Gasteiger partial charge in [0.1, 0.15) is 22.7 Å². The summed E-state index contributed by atoms with van der Waals surface area (Å²) in [5.41, 5.74) is 5.03. The number of aromatic nitrogens is 2. The maximum absolute atomic E-state index is 5.36. The van der Waals surface area contributed by atoms with E-state index in [2.05, 4.69) is 34.3 Å². The second kappa shape index (κ2) is 6.84. The number of benzene rings is 1. The topological polar surface area (TPSA) is 68.6 Å². The lowest BCUT2D eigenvalue weighted by molar-refractivity contribution is 0.394. The van der Waals surface area contributed by atoms with Gasteiger partial charge in [0.15, 0.2) is 5.82 Å². The van der Waals surface area contributed by atoms with Gasteiger partial charge >= 0.3 is 0 Å².